The molecule has 1 fully saturated rings. The van der Waals surface area contributed by atoms with Gasteiger partial charge in [0.05, 0.1) is 0 Å². The van der Waals surface area contributed by atoms with Crippen molar-refractivity contribution in [3.63, 3.8) is 0 Å². The van der Waals surface area contributed by atoms with Gasteiger partial charge in [0.2, 0.25) is 0 Å². The van der Waals surface area contributed by atoms with Gasteiger partial charge in [-0.1, -0.05) is 20.3 Å². The highest BCUT2D eigenvalue weighted by molar-refractivity contribution is 7.86. The first kappa shape index (κ1) is 18.8. The number of likely N-dealkylation sites (N-methyl/N-ethyl adjacent to an activating group) is 1. The molecule has 1 atom stereocenters. The van der Waals surface area contributed by atoms with E-state index in [1.54, 1.807) is 8.61 Å². The molecule has 6 nitrogen and oxygen atoms in total. The average molecular weight is 321 g/mol. The molecular weight excluding hydrogens is 288 g/mol. The zero-order chi connectivity index (χ0) is 16.0. The predicted octanol–water partition coefficient (Wildman–Crippen LogP) is 0.564. The zero-order valence-corrected chi connectivity index (χ0v) is 14.8. The van der Waals surface area contributed by atoms with Crippen LogP contribution < -0.4 is 5.73 Å². The van der Waals surface area contributed by atoms with Gasteiger partial charge in [-0.25, -0.2) is 0 Å². The number of hydrogen-bond acceptors (Lipinski definition) is 4. The Morgan fingerprint density at radius 3 is 2.43 bits per heavy atom. The first-order valence-corrected chi connectivity index (χ1v) is 9.30. The van der Waals surface area contributed by atoms with E-state index in [9.17, 15) is 8.42 Å². The first-order valence-electron chi connectivity index (χ1n) is 7.90. The lowest BCUT2D eigenvalue weighted by atomic mass is 10.1. The Hall–Kier alpha value is -0.210. The van der Waals surface area contributed by atoms with E-state index < -0.39 is 10.2 Å². The van der Waals surface area contributed by atoms with Gasteiger partial charge in [0, 0.05) is 38.8 Å². The molecule has 1 rings (SSSR count). The maximum atomic E-state index is 13.0. The minimum Gasteiger partial charge on any atom is -0.329 e. The van der Waals surface area contributed by atoms with Gasteiger partial charge in [-0.05, 0) is 32.9 Å². The zero-order valence-electron chi connectivity index (χ0n) is 14.0. The molecular formula is C14H32N4O2S. The van der Waals surface area contributed by atoms with E-state index in [4.69, 9.17) is 5.73 Å². The molecule has 1 aliphatic rings. The SMILES string of the molecule is CC(C)CN(CCN(C)C)S(=O)(=O)N1CCCCC1CN. The molecule has 7 heteroatoms. The minimum absolute atomic E-state index is 0.0437. The van der Waals surface area contributed by atoms with Crippen molar-refractivity contribution in [3.8, 4) is 0 Å². The number of hydrogen-bond donors (Lipinski definition) is 1. The third kappa shape index (κ3) is 5.49. The lowest BCUT2D eigenvalue weighted by molar-refractivity contribution is 0.225. The van der Waals surface area contributed by atoms with Crippen molar-refractivity contribution in [2.75, 3.05) is 46.8 Å². The standard InChI is InChI=1S/C14H32N4O2S/c1-13(2)12-17(10-9-16(3)4)21(19,20)18-8-6-5-7-14(18)11-15/h13-14H,5-12,15H2,1-4H3. The molecule has 0 spiro atoms. The van der Waals surface area contributed by atoms with Crippen molar-refractivity contribution in [2.24, 2.45) is 11.7 Å². The highest BCUT2D eigenvalue weighted by atomic mass is 32.2. The van der Waals surface area contributed by atoms with Crippen molar-refractivity contribution in [3.05, 3.63) is 0 Å². The van der Waals surface area contributed by atoms with Gasteiger partial charge >= 0.3 is 0 Å². The van der Waals surface area contributed by atoms with Gasteiger partial charge in [-0.15, -0.1) is 0 Å². The van der Waals surface area contributed by atoms with E-state index in [0.717, 1.165) is 25.8 Å². The predicted molar refractivity (Wildman–Crippen MR) is 87.3 cm³/mol. The summed E-state index contributed by atoms with van der Waals surface area (Å²) in [6, 6.07) is -0.0437. The molecule has 21 heavy (non-hydrogen) atoms. The summed E-state index contributed by atoms with van der Waals surface area (Å²) < 4.78 is 29.2. The Balaban J connectivity index is 2.90. The molecule has 0 radical (unpaired) electrons. The summed E-state index contributed by atoms with van der Waals surface area (Å²) in [6.07, 6.45) is 2.87. The molecule has 126 valence electrons. The van der Waals surface area contributed by atoms with Gasteiger partial charge in [0.25, 0.3) is 10.2 Å². The Morgan fingerprint density at radius 1 is 1.24 bits per heavy atom. The normalized spacial score (nSPS) is 21.6. The molecule has 0 amide bonds. The quantitative estimate of drug-likeness (QED) is 0.710. The van der Waals surface area contributed by atoms with Crippen LogP contribution in [0, 0.1) is 5.92 Å². The molecule has 0 bridgehead atoms. The van der Waals surface area contributed by atoms with Crippen molar-refractivity contribution in [1.29, 1.82) is 0 Å². The van der Waals surface area contributed by atoms with Crippen LogP contribution in [0.5, 0.6) is 0 Å². The lowest BCUT2D eigenvalue weighted by Gasteiger charge is -2.38. The van der Waals surface area contributed by atoms with E-state index in [1.165, 1.54) is 0 Å². The summed E-state index contributed by atoms with van der Waals surface area (Å²) in [7, 11) is 0.508. The largest absolute Gasteiger partial charge is 0.329 e. The summed E-state index contributed by atoms with van der Waals surface area (Å²) in [5, 5.41) is 0. The van der Waals surface area contributed by atoms with Crippen LogP contribution in [0.4, 0.5) is 0 Å². The number of nitrogens with two attached hydrogens (primary N) is 1. The van der Waals surface area contributed by atoms with Crippen LogP contribution >= 0.6 is 0 Å². The van der Waals surface area contributed by atoms with E-state index >= 15 is 0 Å². The first-order chi connectivity index (χ1) is 9.78. The summed E-state index contributed by atoms with van der Waals surface area (Å²) in [4.78, 5) is 2.01. The molecule has 0 aromatic carbocycles. The van der Waals surface area contributed by atoms with Crippen molar-refractivity contribution >= 4 is 10.2 Å². The number of piperidine rings is 1. The van der Waals surface area contributed by atoms with Crippen LogP contribution in [-0.4, -0.2) is 74.8 Å². The number of rotatable bonds is 8. The van der Waals surface area contributed by atoms with Crippen molar-refractivity contribution < 1.29 is 8.42 Å². The van der Waals surface area contributed by atoms with E-state index in [2.05, 4.69) is 13.8 Å². The second kappa shape index (κ2) is 8.43. The molecule has 1 saturated heterocycles. The summed E-state index contributed by atoms with van der Waals surface area (Å²) >= 11 is 0. The molecule has 0 saturated carbocycles. The number of nitrogens with zero attached hydrogens (tertiary/aromatic N) is 3. The highest BCUT2D eigenvalue weighted by Gasteiger charge is 2.35. The topological polar surface area (TPSA) is 69.9 Å². The molecule has 0 aromatic rings. The van der Waals surface area contributed by atoms with Crippen LogP contribution in [0.2, 0.25) is 0 Å². The summed E-state index contributed by atoms with van der Waals surface area (Å²) in [5.41, 5.74) is 5.78. The molecule has 1 unspecified atom stereocenters. The van der Waals surface area contributed by atoms with Gasteiger partial charge in [-0.3, -0.25) is 0 Å². The van der Waals surface area contributed by atoms with Gasteiger partial charge in [0.1, 0.15) is 0 Å². The molecule has 0 aromatic heterocycles. The fourth-order valence-corrected chi connectivity index (χ4v) is 4.70. The third-order valence-electron chi connectivity index (χ3n) is 3.83. The second-order valence-corrected chi connectivity index (χ2v) is 8.44. The Bertz CT molecular complexity index is 398. The van der Waals surface area contributed by atoms with Crippen molar-refractivity contribution in [1.82, 2.24) is 13.5 Å². The monoisotopic (exact) mass is 320 g/mol. The van der Waals surface area contributed by atoms with E-state index in [1.807, 2.05) is 19.0 Å². The second-order valence-electron chi connectivity index (χ2n) is 6.56. The molecule has 0 aliphatic carbocycles. The minimum atomic E-state index is -3.42. The Kier molecular flexibility index (Phi) is 7.56. The van der Waals surface area contributed by atoms with Crippen molar-refractivity contribution in [2.45, 2.75) is 39.2 Å². The summed E-state index contributed by atoms with van der Waals surface area (Å²) in [6.45, 7) is 6.92. The Morgan fingerprint density at radius 2 is 1.90 bits per heavy atom. The van der Waals surface area contributed by atoms with Crippen LogP contribution in [0.25, 0.3) is 0 Å². The van der Waals surface area contributed by atoms with Crippen LogP contribution in [0.15, 0.2) is 0 Å². The average Bonchev–Trinajstić information content (AvgIpc) is 2.42. The molecule has 2 N–H and O–H groups in total. The third-order valence-corrected chi connectivity index (χ3v) is 5.89. The smallest absolute Gasteiger partial charge is 0.282 e. The van der Waals surface area contributed by atoms with Gasteiger partial charge in [-0.2, -0.15) is 17.0 Å². The Labute approximate surface area is 130 Å². The lowest BCUT2D eigenvalue weighted by Crippen LogP contribution is -2.54. The highest BCUT2D eigenvalue weighted by Crippen LogP contribution is 2.22. The van der Waals surface area contributed by atoms with E-state index in [-0.39, 0.29) is 6.04 Å². The van der Waals surface area contributed by atoms with Crippen LogP contribution in [0.3, 0.4) is 0 Å². The van der Waals surface area contributed by atoms with Gasteiger partial charge in [0.15, 0.2) is 0 Å². The van der Waals surface area contributed by atoms with Gasteiger partial charge < -0.3 is 10.6 Å². The van der Waals surface area contributed by atoms with Crippen LogP contribution in [-0.2, 0) is 10.2 Å². The summed E-state index contributed by atoms with van der Waals surface area (Å²) in [5.74, 6) is 0.308. The molecule has 1 aliphatic heterocycles. The fraction of sp³-hybridized carbons (Fsp3) is 1.00. The van der Waals surface area contributed by atoms with E-state index in [0.29, 0.717) is 32.1 Å². The maximum Gasteiger partial charge on any atom is 0.282 e. The molecule has 1 heterocycles. The maximum absolute atomic E-state index is 13.0. The fourth-order valence-electron chi connectivity index (χ4n) is 2.68. The van der Waals surface area contributed by atoms with Crippen LogP contribution in [0.1, 0.15) is 33.1 Å².